The van der Waals surface area contributed by atoms with E-state index in [0.29, 0.717) is 12.2 Å². The Morgan fingerprint density at radius 3 is 2.21 bits per heavy atom. The molecule has 0 aliphatic heterocycles. The van der Waals surface area contributed by atoms with E-state index in [1.807, 2.05) is 6.92 Å². The molecular weight excluding hydrogens is 292 g/mol. The highest BCUT2D eigenvalue weighted by atomic mass is 16.1. The van der Waals surface area contributed by atoms with Gasteiger partial charge in [-0.05, 0) is 60.0 Å². The first-order chi connectivity index (χ1) is 11.2. The van der Waals surface area contributed by atoms with E-state index >= 15 is 0 Å². The van der Waals surface area contributed by atoms with Crippen LogP contribution < -0.4 is 0 Å². The Labute approximate surface area is 146 Å². The van der Waals surface area contributed by atoms with Crippen molar-refractivity contribution in [2.24, 2.45) is 10.8 Å². The summed E-state index contributed by atoms with van der Waals surface area (Å²) < 4.78 is 0. The second kappa shape index (κ2) is 5.58. The summed E-state index contributed by atoms with van der Waals surface area (Å²) in [5.41, 5.74) is 7.47. The van der Waals surface area contributed by atoms with Crippen LogP contribution in [-0.4, -0.2) is 5.78 Å². The fraction of sp³-hybridized carbons (Fsp3) is 0.435. The predicted molar refractivity (Wildman–Crippen MR) is 102 cm³/mol. The molecule has 1 atom stereocenters. The number of benzene rings is 1. The maximum Gasteiger partial charge on any atom is 0.159 e. The van der Waals surface area contributed by atoms with Gasteiger partial charge in [-0.2, -0.15) is 0 Å². The minimum atomic E-state index is -0.0184. The number of Topliss-reactive ketones (excluding diaryl/α,β-unsaturated/α-hetero) is 1. The summed E-state index contributed by atoms with van der Waals surface area (Å²) in [5.74, 6) is 0.303. The second-order valence-electron chi connectivity index (χ2n) is 8.55. The molecular formula is C23H28O. The van der Waals surface area contributed by atoms with Crippen LogP contribution in [0.5, 0.6) is 0 Å². The molecule has 1 heteroatoms. The highest BCUT2D eigenvalue weighted by molar-refractivity contribution is 5.99. The molecule has 0 saturated carbocycles. The summed E-state index contributed by atoms with van der Waals surface area (Å²) >= 11 is 0. The van der Waals surface area contributed by atoms with Crippen LogP contribution in [0.4, 0.5) is 0 Å². The Bertz CT molecular complexity index is 774. The summed E-state index contributed by atoms with van der Waals surface area (Å²) in [5, 5.41) is 0. The lowest BCUT2D eigenvalue weighted by molar-refractivity contribution is -0.118. The van der Waals surface area contributed by atoms with Gasteiger partial charge in [-0.3, -0.25) is 4.79 Å². The number of allylic oxidation sites excluding steroid dienone is 5. The number of hydrogen-bond donors (Lipinski definition) is 0. The predicted octanol–water partition coefficient (Wildman–Crippen LogP) is 6.13. The lowest BCUT2D eigenvalue weighted by Crippen LogP contribution is -2.36. The van der Waals surface area contributed by atoms with E-state index < -0.39 is 0 Å². The smallest absolute Gasteiger partial charge is 0.159 e. The van der Waals surface area contributed by atoms with E-state index in [0.717, 1.165) is 18.4 Å². The Morgan fingerprint density at radius 2 is 1.62 bits per heavy atom. The van der Waals surface area contributed by atoms with Gasteiger partial charge in [0.15, 0.2) is 5.78 Å². The van der Waals surface area contributed by atoms with Crippen LogP contribution in [0.3, 0.4) is 0 Å². The van der Waals surface area contributed by atoms with Crippen LogP contribution in [0.15, 0.2) is 59.2 Å². The SMILES string of the molecule is C=C(C)C1(C)CC(c2ccccc2)=C1C1=C(C)C(=O)CC(C)(C)C1. The highest BCUT2D eigenvalue weighted by Crippen LogP contribution is 2.60. The molecule has 1 aromatic rings. The maximum atomic E-state index is 12.6. The van der Waals surface area contributed by atoms with Crippen LogP contribution in [-0.2, 0) is 4.79 Å². The molecule has 0 fully saturated rings. The third-order valence-electron chi connectivity index (χ3n) is 5.92. The van der Waals surface area contributed by atoms with Gasteiger partial charge in [0.2, 0.25) is 0 Å². The third-order valence-corrected chi connectivity index (χ3v) is 5.92. The summed E-state index contributed by atoms with van der Waals surface area (Å²) in [6, 6.07) is 10.6. The van der Waals surface area contributed by atoms with Crippen molar-refractivity contribution in [3.63, 3.8) is 0 Å². The first-order valence-electron chi connectivity index (χ1n) is 8.84. The molecule has 0 radical (unpaired) electrons. The molecule has 126 valence electrons. The van der Waals surface area contributed by atoms with Crippen molar-refractivity contribution in [3.8, 4) is 0 Å². The third kappa shape index (κ3) is 2.60. The summed E-state index contributed by atoms with van der Waals surface area (Å²) in [7, 11) is 0. The molecule has 2 aliphatic rings. The zero-order valence-electron chi connectivity index (χ0n) is 15.6. The van der Waals surface area contributed by atoms with Gasteiger partial charge in [-0.15, -0.1) is 0 Å². The number of carbonyl (C=O) groups is 1. The minimum Gasteiger partial charge on any atom is -0.295 e. The topological polar surface area (TPSA) is 17.1 Å². The Hall–Kier alpha value is -1.89. The number of hydrogen-bond acceptors (Lipinski definition) is 1. The maximum absolute atomic E-state index is 12.6. The van der Waals surface area contributed by atoms with E-state index in [-0.39, 0.29) is 10.8 Å². The fourth-order valence-electron chi connectivity index (χ4n) is 4.21. The van der Waals surface area contributed by atoms with Crippen LogP contribution in [0.1, 0.15) is 59.4 Å². The van der Waals surface area contributed by atoms with Gasteiger partial charge >= 0.3 is 0 Å². The molecule has 1 nitrogen and oxygen atoms in total. The zero-order chi connectivity index (χ0) is 17.7. The van der Waals surface area contributed by atoms with Crippen molar-refractivity contribution in [2.45, 2.75) is 53.9 Å². The second-order valence-corrected chi connectivity index (χ2v) is 8.55. The van der Waals surface area contributed by atoms with Gasteiger partial charge in [-0.1, -0.05) is 63.3 Å². The van der Waals surface area contributed by atoms with E-state index in [1.54, 1.807) is 0 Å². The average Bonchev–Trinajstić information content (AvgIpc) is 2.49. The molecule has 0 heterocycles. The molecule has 1 aromatic carbocycles. The molecule has 0 saturated heterocycles. The van der Waals surface area contributed by atoms with Gasteiger partial charge in [0.05, 0.1) is 0 Å². The van der Waals surface area contributed by atoms with E-state index in [1.165, 1.54) is 27.9 Å². The van der Waals surface area contributed by atoms with E-state index in [9.17, 15) is 4.79 Å². The normalized spacial score (nSPS) is 26.5. The molecule has 3 rings (SSSR count). The molecule has 24 heavy (non-hydrogen) atoms. The summed E-state index contributed by atoms with van der Waals surface area (Å²) in [6.45, 7) is 15.1. The quantitative estimate of drug-likeness (QED) is 0.612. The Kier molecular flexibility index (Phi) is 3.94. The molecule has 0 bridgehead atoms. The first-order valence-corrected chi connectivity index (χ1v) is 8.84. The van der Waals surface area contributed by atoms with Crippen molar-refractivity contribution < 1.29 is 4.79 Å². The van der Waals surface area contributed by atoms with E-state index in [2.05, 4.69) is 64.6 Å². The van der Waals surface area contributed by atoms with Crippen LogP contribution in [0, 0.1) is 10.8 Å². The zero-order valence-corrected chi connectivity index (χ0v) is 15.6. The summed E-state index contributed by atoms with van der Waals surface area (Å²) in [4.78, 5) is 12.6. The van der Waals surface area contributed by atoms with Crippen molar-refractivity contribution in [1.82, 2.24) is 0 Å². The van der Waals surface area contributed by atoms with Crippen molar-refractivity contribution in [1.29, 1.82) is 0 Å². The van der Waals surface area contributed by atoms with Crippen LogP contribution in [0.25, 0.3) is 5.57 Å². The van der Waals surface area contributed by atoms with Gasteiger partial charge in [0, 0.05) is 11.8 Å². The van der Waals surface area contributed by atoms with Crippen molar-refractivity contribution in [3.05, 3.63) is 64.8 Å². The average molecular weight is 320 g/mol. The van der Waals surface area contributed by atoms with E-state index in [4.69, 9.17) is 0 Å². The first kappa shape index (κ1) is 17.0. The van der Waals surface area contributed by atoms with Crippen molar-refractivity contribution >= 4 is 11.4 Å². The lowest BCUT2D eigenvalue weighted by Gasteiger charge is -2.48. The van der Waals surface area contributed by atoms with Crippen molar-refractivity contribution in [2.75, 3.05) is 0 Å². The van der Waals surface area contributed by atoms with Gasteiger partial charge in [-0.25, -0.2) is 0 Å². The standard InChI is InChI=1S/C23H28O/c1-15(2)23(6)13-19(17-10-8-7-9-11-17)21(23)18-12-22(4,5)14-20(24)16(18)3/h7-11H,1,12-14H2,2-6H3. The van der Waals surface area contributed by atoms with Crippen LogP contribution >= 0.6 is 0 Å². The Morgan fingerprint density at radius 1 is 1.00 bits per heavy atom. The minimum absolute atomic E-state index is 0.0184. The molecule has 0 amide bonds. The molecule has 2 aliphatic carbocycles. The monoisotopic (exact) mass is 320 g/mol. The number of ketones is 1. The largest absolute Gasteiger partial charge is 0.295 e. The molecule has 0 N–H and O–H groups in total. The van der Waals surface area contributed by atoms with Gasteiger partial charge in [0.1, 0.15) is 0 Å². The molecule has 0 spiro atoms. The summed E-state index contributed by atoms with van der Waals surface area (Å²) in [6.07, 6.45) is 2.63. The number of carbonyl (C=O) groups excluding carboxylic acids is 1. The number of rotatable bonds is 3. The van der Waals surface area contributed by atoms with Gasteiger partial charge in [0.25, 0.3) is 0 Å². The fourth-order valence-corrected chi connectivity index (χ4v) is 4.21. The van der Waals surface area contributed by atoms with Gasteiger partial charge < -0.3 is 0 Å². The lowest BCUT2D eigenvalue weighted by atomic mass is 9.55. The molecule has 0 aromatic heterocycles. The Balaban J connectivity index is 2.21. The van der Waals surface area contributed by atoms with Crippen LogP contribution in [0.2, 0.25) is 0 Å². The highest BCUT2D eigenvalue weighted by Gasteiger charge is 2.46. The molecule has 1 unspecified atom stereocenters.